The lowest BCUT2D eigenvalue weighted by molar-refractivity contribution is -0.141. The summed E-state index contributed by atoms with van der Waals surface area (Å²) in [5, 5.41) is 12.4. The van der Waals surface area contributed by atoms with Crippen LogP contribution in [0.25, 0.3) is 0 Å². The summed E-state index contributed by atoms with van der Waals surface area (Å²) in [5.74, 6) is -1.78. The van der Waals surface area contributed by atoms with Crippen LogP contribution >= 0.6 is 0 Å². The highest BCUT2D eigenvalue weighted by atomic mass is 16.4. The van der Waals surface area contributed by atoms with Crippen molar-refractivity contribution in [1.29, 1.82) is 0 Å². The van der Waals surface area contributed by atoms with Crippen molar-refractivity contribution >= 4 is 17.6 Å². The molecule has 1 fully saturated rings. The van der Waals surface area contributed by atoms with E-state index < -0.39 is 17.8 Å². The summed E-state index contributed by atoms with van der Waals surface area (Å²) >= 11 is 0. The van der Waals surface area contributed by atoms with Crippen molar-refractivity contribution in [1.82, 2.24) is 4.98 Å². The fraction of sp³-hybridized carbons (Fsp3) is 0.500. The normalized spacial score (nSPS) is 21.7. The lowest BCUT2D eigenvalue weighted by atomic mass is 10.0. The highest BCUT2D eigenvalue weighted by Crippen LogP contribution is 2.30. The summed E-state index contributed by atoms with van der Waals surface area (Å²) < 4.78 is 0. The Morgan fingerprint density at radius 2 is 2.10 bits per heavy atom. The number of carbonyl (C=O) groups excluding carboxylic acids is 1. The van der Waals surface area contributed by atoms with E-state index in [4.69, 9.17) is 5.73 Å². The molecule has 1 saturated carbocycles. The van der Waals surface area contributed by atoms with Gasteiger partial charge in [0.2, 0.25) is 0 Å². The summed E-state index contributed by atoms with van der Waals surface area (Å²) in [6.45, 7) is 3.55. The number of hydrogen-bond acceptors (Lipinski definition) is 4. The van der Waals surface area contributed by atoms with Crippen LogP contribution in [0.1, 0.15) is 41.0 Å². The van der Waals surface area contributed by atoms with Crippen molar-refractivity contribution in [3.05, 3.63) is 23.0 Å². The first kappa shape index (κ1) is 14.3. The third-order valence-corrected chi connectivity index (χ3v) is 3.75. The fourth-order valence-electron chi connectivity index (χ4n) is 2.88. The van der Waals surface area contributed by atoms with Crippen LogP contribution in [0.4, 0.5) is 5.69 Å². The molecule has 1 aliphatic rings. The number of hydrogen-bond donors (Lipinski definition) is 3. The maximum atomic E-state index is 11.6. The molecular weight excluding hydrogens is 258 g/mol. The molecule has 0 spiro atoms. The zero-order valence-corrected chi connectivity index (χ0v) is 11.6. The fourth-order valence-corrected chi connectivity index (χ4v) is 2.88. The van der Waals surface area contributed by atoms with Crippen LogP contribution in [-0.4, -0.2) is 28.0 Å². The van der Waals surface area contributed by atoms with E-state index in [1.807, 2.05) is 6.92 Å². The largest absolute Gasteiger partial charge is 0.481 e. The van der Waals surface area contributed by atoms with Gasteiger partial charge in [0.1, 0.15) is 0 Å². The van der Waals surface area contributed by atoms with Gasteiger partial charge in [-0.15, -0.1) is 0 Å². The number of aromatic nitrogens is 1. The van der Waals surface area contributed by atoms with Crippen molar-refractivity contribution < 1.29 is 14.7 Å². The third kappa shape index (κ3) is 2.74. The molecular formula is C14H19N3O3. The summed E-state index contributed by atoms with van der Waals surface area (Å²) in [7, 11) is 0. The molecule has 0 aliphatic heterocycles. The Bertz CT molecular complexity index is 557. The van der Waals surface area contributed by atoms with Crippen LogP contribution in [-0.2, 0) is 4.79 Å². The van der Waals surface area contributed by atoms with Crippen molar-refractivity contribution in [3.63, 3.8) is 0 Å². The predicted octanol–water partition coefficient (Wildman–Crippen LogP) is 1.46. The summed E-state index contributed by atoms with van der Waals surface area (Å²) in [5.41, 5.74) is 7.65. The second kappa shape index (κ2) is 5.48. The first-order chi connectivity index (χ1) is 9.40. The van der Waals surface area contributed by atoms with Crippen LogP contribution in [0, 0.1) is 19.8 Å². The number of aryl methyl sites for hydroxylation is 2. The minimum Gasteiger partial charge on any atom is -0.481 e. The number of pyridine rings is 1. The van der Waals surface area contributed by atoms with E-state index in [-0.39, 0.29) is 6.04 Å². The van der Waals surface area contributed by atoms with E-state index in [2.05, 4.69) is 10.3 Å². The van der Waals surface area contributed by atoms with E-state index in [1.54, 1.807) is 13.0 Å². The topological polar surface area (TPSA) is 105 Å². The van der Waals surface area contributed by atoms with Gasteiger partial charge in [-0.3, -0.25) is 14.6 Å². The Morgan fingerprint density at radius 1 is 1.40 bits per heavy atom. The lowest BCUT2D eigenvalue weighted by Crippen LogP contribution is -2.31. The van der Waals surface area contributed by atoms with Crippen LogP contribution < -0.4 is 11.1 Å². The number of nitrogens with two attached hydrogens (primary N) is 1. The molecule has 108 valence electrons. The van der Waals surface area contributed by atoms with E-state index in [0.29, 0.717) is 23.4 Å². The first-order valence-corrected chi connectivity index (χ1v) is 6.67. The Morgan fingerprint density at radius 3 is 2.70 bits per heavy atom. The summed E-state index contributed by atoms with van der Waals surface area (Å²) in [4.78, 5) is 27.0. The molecule has 2 unspecified atom stereocenters. The predicted molar refractivity (Wildman–Crippen MR) is 74.6 cm³/mol. The van der Waals surface area contributed by atoms with E-state index in [0.717, 1.165) is 18.5 Å². The molecule has 1 amide bonds. The van der Waals surface area contributed by atoms with Gasteiger partial charge in [-0.25, -0.2) is 0 Å². The average molecular weight is 277 g/mol. The molecule has 6 heteroatoms. The quantitative estimate of drug-likeness (QED) is 0.772. The van der Waals surface area contributed by atoms with Crippen molar-refractivity contribution in [2.75, 3.05) is 5.32 Å². The summed E-state index contributed by atoms with van der Waals surface area (Å²) in [6.07, 6.45) is 2.29. The van der Waals surface area contributed by atoms with Crippen LogP contribution in [0.3, 0.4) is 0 Å². The SMILES string of the molecule is Cc1cc(NC2CCCC2C(=O)O)c(C(N)=O)c(C)n1. The first-order valence-electron chi connectivity index (χ1n) is 6.67. The number of carbonyl (C=O) groups is 2. The average Bonchev–Trinajstić information content (AvgIpc) is 2.75. The maximum absolute atomic E-state index is 11.6. The molecule has 1 aromatic heterocycles. The summed E-state index contributed by atoms with van der Waals surface area (Å²) in [6, 6.07) is 1.57. The standard InChI is InChI=1S/C14H19N3O3/c1-7-6-11(12(13(15)18)8(2)16-7)17-10-5-3-4-9(10)14(19)20/h6,9-10H,3-5H2,1-2H3,(H2,15,18)(H,16,17)(H,19,20). The molecule has 2 rings (SSSR count). The molecule has 1 heterocycles. The number of rotatable bonds is 4. The molecule has 0 radical (unpaired) electrons. The van der Waals surface area contributed by atoms with Gasteiger partial charge < -0.3 is 16.2 Å². The van der Waals surface area contributed by atoms with Crippen LogP contribution in [0.5, 0.6) is 0 Å². The minimum absolute atomic E-state index is 0.174. The monoisotopic (exact) mass is 277 g/mol. The molecule has 0 aromatic carbocycles. The van der Waals surface area contributed by atoms with E-state index >= 15 is 0 Å². The maximum Gasteiger partial charge on any atom is 0.308 e. The second-order valence-corrected chi connectivity index (χ2v) is 5.26. The Labute approximate surface area is 117 Å². The molecule has 2 atom stereocenters. The smallest absolute Gasteiger partial charge is 0.308 e. The van der Waals surface area contributed by atoms with Gasteiger partial charge in [0, 0.05) is 11.7 Å². The van der Waals surface area contributed by atoms with Crippen LogP contribution in [0.2, 0.25) is 0 Å². The number of nitrogens with one attached hydrogen (secondary N) is 1. The zero-order valence-electron chi connectivity index (χ0n) is 11.6. The molecule has 4 N–H and O–H groups in total. The van der Waals surface area contributed by atoms with Gasteiger partial charge in [-0.2, -0.15) is 0 Å². The number of aliphatic carboxylic acids is 1. The molecule has 6 nitrogen and oxygen atoms in total. The number of nitrogens with zero attached hydrogens (tertiary/aromatic N) is 1. The Kier molecular flexibility index (Phi) is 3.92. The number of anilines is 1. The highest BCUT2D eigenvalue weighted by Gasteiger charge is 2.33. The van der Waals surface area contributed by atoms with Crippen molar-refractivity contribution in [2.24, 2.45) is 11.7 Å². The zero-order chi connectivity index (χ0) is 14.9. The van der Waals surface area contributed by atoms with Crippen LogP contribution in [0.15, 0.2) is 6.07 Å². The van der Waals surface area contributed by atoms with Gasteiger partial charge in [-0.1, -0.05) is 6.42 Å². The van der Waals surface area contributed by atoms with Gasteiger partial charge >= 0.3 is 5.97 Å². The third-order valence-electron chi connectivity index (χ3n) is 3.75. The molecule has 1 aliphatic carbocycles. The molecule has 1 aromatic rings. The second-order valence-electron chi connectivity index (χ2n) is 5.26. The molecule has 20 heavy (non-hydrogen) atoms. The molecule has 0 bridgehead atoms. The Hall–Kier alpha value is -2.11. The van der Waals surface area contributed by atoms with Crippen molar-refractivity contribution in [3.8, 4) is 0 Å². The number of carboxylic acid groups (broad SMARTS) is 1. The van der Waals surface area contributed by atoms with Crippen molar-refractivity contribution in [2.45, 2.75) is 39.2 Å². The molecule has 0 saturated heterocycles. The van der Waals surface area contributed by atoms with Gasteiger partial charge in [-0.05, 0) is 32.8 Å². The van der Waals surface area contributed by atoms with E-state index in [1.165, 1.54) is 0 Å². The van der Waals surface area contributed by atoms with Gasteiger partial charge in [0.05, 0.1) is 22.9 Å². The highest BCUT2D eigenvalue weighted by molar-refractivity contribution is 5.99. The lowest BCUT2D eigenvalue weighted by Gasteiger charge is -2.21. The number of primary amides is 1. The number of amides is 1. The minimum atomic E-state index is -0.803. The number of carboxylic acids is 1. The van der Waals surface area contributed by atoms with Gasteiger partial charge in [0.15, 0.2) is 0 Å². The van der Waals surface area contributed by atoms with Gasteiger partial charge in [0.25, 0.3) is 5.91 Å². The Balaban J connectivity index is 2.33. The van der Waals surface area contributed by atoms with E-state index in [9.17, 15) is 14.7 Å².